The van der Waals surface area contributed by atoms with Crippen molar-refractivity contribution >= 4 is 18.0 Å². The number of aromatic amines is 1. The van der Waals surface area contributed by atoms with Gasteiger partial charge < -0.3 is 14.5 Å². The van der Waals surface area contributed by atoms with E-state index in [1.54, 1.807) is 47.6 Å². The Hall–Kier alpha value is -3.67. The summed E-state index contributed by atoms with van der Waals surface area (Å²) in [5, 5.41) is 0. The van der Waals surface area contributed by atoms with Crippen molar-refractivity contribution in [3.05, 3.63) is 40.1 Å². The largest absolute Gasteiger partial charge is 0.443 e. The monoisotopic (exact) mass is 480 g/mol. The second-order valence-electron chi connectivity index (χ2n) is 10.6. The Morgan fingerprint density at radius 2 is 1.71 bits per heavy atom. The summed E-state index contributed by atoms with van der Waals surface area (Å²) in [4.78, 5) is 50.3. The third kappa shape index (κ3) is 7.15. The normalized spacial score (nSPS) is 13.6. The molecule has 2 amide bonds. The molecule has 0 spiro atoms. The number of carbonyl (C=O) groups excluding carboxylic acids is 2. The minimum absolute atomic E-state index is 0.0430. The Morgan fingerprint density at radius 3 is 2.23 bits per heavy atom. The smallest absolute Gasteiger partial charge is 0.425 e. The van der Waals surface area contributed by atoms with E-state index in [1.165, 1.54) is 25.1 Å². The van der Waals surface area contributed by atoms with E-state index in [0.29, 0.717) is 28.5 Å². The molecule has 1 aliphatic carbocycles. The van der Waals surface area contributed by atoms with Crippen molar-refractivity contribution in [3.63, 3.8) is 0 Å². The van der Waals surface area contributed by atoms with Crippen molar-refractivity contribution in [2.24, 2.45) is 5.92 Å². The van der Waals surface area contributed by atoms with Gasteiger partial charge in [-0.05, 0) is 72.3 Å². The van der Waals surface area contributed by atoms with Crippen LogP contribution in [0.25, 0.3) is 11.3 Å². The maximum atomic E-state index is 13.0. The van der Waals surface area contributed by atoms with Crippen LogP contribution in [0.1, 0.15) is 72.2 Å². The van der Waals surface area contributed by atoms with Gasteiger partial charge in [0, 0.05) is 17.3 Å². The highest BCUT2D eigenvalue weighted by atomic mass is 16.6. The maximum absolute atomic E-state index is 13.0. The molecule has 0 saturated heterocycles. The zero-order chi connectivity index (χ0) is 26.0. The molecule has 0 atom stereocenters. The third-order valence-electron chi connectivity index (χ3n) is 5.03. The number of H-pyrrole nitrogens is 1. The Labute approximate surface area is 205 Å². The number of nitrogens with one attached hydrogen (secondary N) is 1. The Bertz CT molecular complexity index is 1180. The van der Waals surface area contributed by atoms with Crippen molar-refractivity contribution in [2.45, 2.75) is 78.4 Å². The topological polar surface area (TPSA) is 114 Å². The number of terminal acetylenes is 1. The van der Waals surface area contributed by atoms with Crippen LogP contribution in [0.3, 0.4) is 0 Å². The SMILES string of the molecule is C#Cc1nc(-c2ccc(=O)[nH]c2CCC2CC2)cnc1N(C(=O)OC(C)(C)C)C(=O)OC(C)(C)C. The van der Waals surface area contributed by atoms with Crippen molar-refractivity contribution in [1.29, 1.82) is 0 Å². The molecule has 0 aliphatic heterocycles. The molecule has 1 fully saturated rings. The molecule has 1 saturated carbocycles. The summed E-state index contributed by atoms with van der Waals surface area (Å²) in [7, 11) is 0. The molecule has 0 aromatic carbocycles. The number of anilines is 1. The number of hydrogen-bond donors (Lipinski definition) is 1. The lowest BCUT2D eigenvalue weighted by molar-refractivity contribution is 0.0428. The molecular weight excluding hydrogens is 448 g/mol. The van der Waals surface area contributed by atoms with Crippen LogP contribution in [-0.4, -0.2) is 38.3 Å². The number of pyridine rings is 1. The highest BCUT2D eigenvalue weighted by molar-refractivity contribution is 6.09. The maximum Gasteiger partial charge on any atom is 0.425 e. The number of rotatable bonds is 5. The van der Waals surface area contributed by atoms with Gasteiger partial charge in [-0.3, -0.25) is 4.79 Å². The van der Waals surface area contributed by atoms with Crippen molar-refractivity contribution in [1.82, 2.24) is 15.0 Å². The molecule has 9 nitrogen and oxygen atoms in total. The second kappa shape index (κ2) is 9.90. The summed E-state index contributed by atoms with van der Waals surface area (Å²) in [6.07, 6.45) is 9.21. The predicted molar refractivity (Wildman–Crippen MR) is 132 cm³/mol. The molecule has 35 heavy (non-hydrogen) atoms. The van der Waals surface area contributed by atoms with Crippen LogP contribution >= 0.6 is 0 Å². The van der Waals surface area contributed by atoms with Crippen molar-refractivity contribution < 1.29 is 19.1 Å². The molecule has 0 unspecified atom stereocenters. The van der Waals surface area contributed by atoms with Crippen LogP contribution in [0.5, 0.6) is 0 Å². The number of nitrogens with zero attached hydrogens (tertiary/aromatic N) is 3. The Balaban J connectivity index is 2.04. The van der Waals surface area contributed by atoms with Gasteiger partial charge >= 0.3 is 12.2 Å². The summed E-state index contributed by atoms with van der Waals surface area (Å²) in [6, 6.07) is 3.08. The summed E-state index contributed by atoms with van der Waals surface area (Å²) in [5.41, 5.74) is -0.175. The highest BCUT2D eigenvalue weighted by Gasteiger charge is 2.35. The zero-order valence-electron chi connectivity index (χ0n) is 21.1. The minimum Gasteiger partial charge on any atom is -0.443 e. The zero-order valence-corrected chi connectivity index (χ0v) is 21.1. The molecule has 9 heteroatoms. The molecular formula is C26H32N4O5. The van der Waals surface area contributed by atoms with E-state index < -0.39 is 23.4 Å². The minimum atomic E-state index is -0.987. The average molecular weight is 481 g/mol. The molecule has 2 heterocycles. The van der Waals surface area contributed by atoms with Gasteiger partial charge in [-0.1, -0.05) is 12.8 Å². The van der Waals surface area contributed by atoms with Gasteiger partial charge in [0.1, 0.15) is 11.2 Å². The lowest BCUT2D eigenvalue weighted by atomic mass is 10.0. The number of aryl methyl sites for hydroxylation is 1. The lowest BCUT2D eigenvalue weighted by Gasteiger charge is -2.28. The number of hydrogen-bond acceptors (Lipinski definition) is 7. The molecule has 186 valence electrons. The van der Waals surface area contributed by atoms with Crippen molar-refractivity contribution in [2.75, 3.05) is 4.90 Å². The Morgan fingerprint density at radius 1 is 1.11 bits per heavy atom. The number of aromatic nitrogens is 3. The first kappa shape index (κ1) is 25.9. The Kier molecular flexibility index (Phi) is 7.34. The van der Waals surface area contributed by atoms with E-state index in [9.17, 15) is 14.4 Å². The van der Waals surface area contributed by atoms with Gasteiger partial charge in [-0.15, -0.1) is 6.42 Å². The quantitative estimate of drug-likeness (QED) is 0.609. The fraction of sp³-hybridized carbons (Fsp3) is 0.500. The molecule has 2 aromatic heterocycles. The van der Waals surface area contributed by atoms with E-state index in [4.69, 9.17) is 15.9 Å². The number of carbonyl (C=O) groups is 2. The number of amides is 2. The van der Waals surface area contributed by atoms with E-state index >= 15 is 0 Å². The van der Waals surface area contributed by atoms with Crippen molar-refractivity contribution in [3.8, 4) is 23.6 Å². The van der Waals surface area contributed by atoms with Gasteiger partial charge in [0.05, 0.1) is 11.9 Å². The van der Waals surface area contributed by atoms with Crippen LogP contribution in [0, 0.1) is 18.3 Å². The fourth-order valence-electron chi connectivity index (χ4n) is 3.35. The molecule has 1 N–H and O–H groups in total. The van der Waals surface area contributed by atoms with Crippen LogP contribution < -0.4 is 10.5 Å². The predicted octanol–water partition coefficient (Wildman–Crippen LogP) is 4.83. The van der Waals surface area contributed by atoms with Crippen LogP contribution in [0.2, 0.25) is 0 Å². The molecule has 0 radical (unpaired) electrons. The van der Waals surface area contributed by atoms with E-state index in [2.05, 4.69) is 20.9 Å². The lowest BCUT2D eigenvalue weighted by Crippen LogP contribution is -2.44. The molecule has 2 aromatic rings. The molecule has 1 aliphatic rings. The first-order valence-electron chi connectivity index (χ1n) is 11.6. The summed E-state index contributed by atoms with van der Waals surface area (Å²) in [5.74, 6) is 2.91. The standard InChI is InChI=1S/C26H32N4O5/c1-8-18-22(30(23(32)34-25(2,3)4)24(33)35-26(5,6)7)27-15-20(28-18)17-12-14-21(31)29-19(17)13-11-16-9-10-16/h1,12,14-16H,9-11,13H2,2-7H3,(H,29,31). The first-order chi connectivity index (χ1) is 16.3. The van der Waals surface area contributed by atoms with Crippen LogP contribution in [-0.2, 0) is 15.9 Å². The van der Waals surface area contributed by atoms with Gasteiger partial charge in [0.2, 0.25) is 5.56 Å². The van der Waals surface area contributed by atoms with E-state index in [0.717, 1.165) is 12.1 Å². The molecule has 3 rings (SSSR count). The number of imide groups is 1. The van der Waals surface area contributed by atoms with Gasteiger partial charge in [-0.2, -0.15) is 4.90 Å². The van der Waals surface area contributed by atoms with Gasteiger partial charge in [0.25, 0.3) is 0 Å². The summed E-state index contributed by atoms with van der Waals surface area (Å²) < 4.78 is 10.8. The highest BCUT2D eigenvalue weighted by Crippen LogP contribution is 2.34. The number of ether oxygens (including phenoxy) is 2. The van der Waals surface area contributed by atoms with Gasteiger partial charge in [0.15, 0.2) is 11.5 Å². The summed E-state index contributed by atoms with van der Waals surface area (Å²) >= 11 is 0. The fourth-order valence-corrected chi connectivity index (χ4v) is 3.35. The van der Waals surface area contributed by atoms with E-state index in [1.807, 2.05) is 0 Å². The van der Waals surface area contributed by atoms with E-state index in [-0.39, 0.29) is 17.1 Å². The average Bonchev–Trinajstić information content (AvgIpc) is 3.54. The first-order valence-corrected chi connectivity index (χ1v) is 11.6. The molecule has 0 bridgehead atoms. The second-order valence-corrected chi connectivity index (χ2v) is 10.6. The van der Waals surface area contributed by atoms with Gasteiger partial charge in [-0.25, -0.2) is 19.6 Å². The summed E-state index contributed by atoms with van der Waals surface area (Å²) in [6.45, 7) is 10.0. The van der Waals surface area contributed by atoms with Crippen LogP contribution in [0.4, 0.5) is 15.4 Å². The van der Waals surface area contributed by atoms with Crippen LogP contribution in [0.15, 0.2) is 23.1 Å². The third-order valence-corrected chi connectivity index (χ3v) is 5.03.